The standard InChI is InChI=1S/C24H27N9O6/c25-20-16-21(28-10-27-20)33(11-29-16)24-18(36)17(35)19(39-24)23(38)32-6-4-31(5-7-32)9-15(34)30-14-3-1-2-12-13(14)8-26-22(12)37/h1-3,10-11,17-19,24,35-36H,4-9H2,(H,26,37)(H,30,34)(H2,25,27,28)/t17-,18+,19?,24+/m1/s1. The lowest BCUT2D eigenvalue weighted by Gasteiger charge is -2.35. The van der Waals surface area contributed by atoms with Crippen LogP contribution in [0.3, 0.4) is 0 Å². The van der Waals surface area contributed by atoms with Gasteiger partial charge >= 0.3 is 0 Å². The minimum absolute atomic E-state index is 0.120. The zero-order valence-electron chi connectivity index (χ0n) is 20.7. The van der Waals surface area contributed by atoms with Gasteiger partial charge in [-0.05, 0) is 12.1 Å². The van der Waals surface area contributed by atoms with Crippen molar-refractivity contribution in [2.45, 2.75) is 31.1 Å². The third kappa shape index (κ3) is 4.44. The van der Waals surface area contributed by atoms with Crippen LogP contribution in [0.4, 0.5) is 11.5 Å². The van der Waals surface area contributed by atoms with Crippen LogP contribution in [0.25, 0.3) is 11.2 Å². The number of nitrogens with zero attached hydrogens (tertiary/aromatic N) is 6. The molecular weight excluding hydrogens is 510 g/mol. The second-order valence-electron chi connectivity index (χ2n) is 9.68. The van der Waals surface area contributed by atoms with Crippen molar-refractivity contribution in [2.24, 2.45) is 0 Å². The lowest BCUT2D eigenvalue weighted by Crippen LogP contribution is -2.54. The summed E-state index contributed by atoms with van der Waals surface area (Å²) < 4.78 is 7.23. The summed E-state index contributed by atoms with van der Waals surface area (Å²) in [4.78, 5) is 53.4. The number of nitrogens with one attached hydrogen (secondary N) is 2. The van der Waals surface area contributed by atoms with E-state index in [-0.39, 0.29) is 24.2 Å². The maximum absolute atomic E-state index is 13.2. The second-order valence-corrected chi connectivity index (χ2v) is 9.68. The Morgan fingerprint density at radius 3 is 2.72 bits per heavy atom. The highest BCUT2D eigenvalue weighted by molar-refractivity contribution is 6.02. The number of piperazine rings is 1. The highest BCUT2D eigenvalue weighted by atomic mass is 16.6. The maximum atomic E-state index is 13.2. The number of rotatable bonds is 5. The predicted octanol–water partition coefficient (Wildman–Crippen LogP) is -1.95. The smallest absolute Gasteiger partial charge is 0.254 e. The summed E-state index contributed by atoms with van der Waals surface area (Å²) in [6.07, 6.45) is -2.62. The number of aliphatic hydroxyl groups is 2. The van der Waals surface area contributed by atoms with Crippen molar-refractivity contribution < 1.29 is 29.3 Å². The molecule has 6 rings (SSSR count). The van der Waals surface area contributed by atoms with Crippen molar-refractivity contribution in [1.82, 2.24) is 34.6 Å². The average molecular weight is 538 g/mol. The number of imidazole rings is 1. The van der Waals surface area contributed by atoms with Crippen molar-refractivity contribution in [1.29, 1.82) is 0 Å². The zero-order valence-corrected chi connectivity index (χ0v) is 20.7. The van der Waals surface area contributed by atoms with Gasteiger partial charge in [-0.1, -0.05) is 6.07 Å². The van der Waals surface area contributed by atoms with E-state index >= 15 is 0 Å². The van der Waals surface area contributed by atoms with Crippen LogP contribution >= 0.6 is 0 Å². The molecule has 2 fully saturated rings. The van der Waals surface area contributed by atoms with Crippen LogP contribution in [0.5, 0.6) is 0 Å². The molecular formula is C24H27N9O6. The van der Waals surface area contributed by atoms with Crippen LogP contribution in [0, 0.1) is 0 Å². The van der Waals surface area contributed by atoms with Crippen molar-refractivity contribution in [2.75, 3.05) is 43.8 Å². The Morgan fingerprint density at radius 2 is 1.92 bits per heavy atom. The fourth-order valence-corrected chi connectivity index (χ4v) is 5.22. The van der Waals surface area contributed by atoms with Crippen molar-refractivity contribution >= 4 is 40.4 Å². The molecule has 2 saturated heterocycles. The van der Waals surface area contributed by atoms with Gasteiger partial charge in [-0.25, -0.2) is 15.0 Å². The third-order valence-corrected chi connectivity index (χ3v) is 7.31. The minimum atomic E-state index is -1.46. The molecule has 1 aromatic carbocycles. The molecule has 2 aromatic heterocycles. The lowest BCUT2D eigenvalue weighted by atomic mass is 10.1. The van der Waals surface area contributed by atoms with Gasteiger partial charge in [0.2, 0.25) is 5.91 Å². The topological polar surface area (TPSA) is 201 Å². The molecule has 3 aromatic rings. The Kier molecular flexibility index (Phi) is 6.34. The summed E-state index contributed by atoms with van der Waals surface area (Å²) in [6, 6.07) is 5.21. The number of anilines is 2. The molecule has 4 atom stereocenters. The number of benzene rings is 1. The molecule has 0 spiro atoms. The predicted molar refractivity (Wildman–Crippen MR) is 135 cm³/mol. The van der Waals surface area contributed by atoms with Gasteiger partial charge in [0, 0.05) is 49.5 Å². The largest absolute Gasteiger partial charge is 0.387 e. The van der Waals surface area contributed by atoms with Gasteiger partial charge in [0.25, 0.3) is 11.8 Å². The quantitative estimate of drug-likeness (QED) is 0.242. The molecule has 15 nitrogen and oxygen atoms in total. The van der Waals surface area contributed by atoms with E-state index in [1.807, 2.05) is 4.90 Å². The number of carbonyl (C=O) groups is 3. The van der Waals surface area contributed by atoms with Crippen LogP contribution in [0.1, 0.15) is 22.1 Å². The molecule has 204 valence electrons. The number of nitrogen functional groups attached to an aromatic ring is 1. The monoisotopic (exact) mass is 537 g/mol. The molecule has 6 N–H and O–H groups in total. The van der Waals surface area contributed by atoms with Crippen LogP contribution < -0.4 is 16.4 Å². The van der Waals surface area contributed by atoms with Gasteiger partial charge in [-0.2, -0.15) is 0 Å². The molecule has 0 radical (unpaired) electrons. The van der Waals surface area contributed by atoms with E-state index in [1.54, 1.807) is 23.1 Å². The van der Waals surface area contributed by atoms with Gasteiger partial charge in [-0.3, -0.25) is 23.9 Å². The van der Waals surface area contributed by atoms with Gasteiger partial charge in [0.05, 0.1) is 12.9 Å². The Hall–Kier alpha value is -4.18. The molecule has 3 amide bonds. The number of nitrogens with two attached hydrogens (primary N) is 1. The number of amides is 3. The Bertz CT molecular complexity index is 1450. The van der Waals surface area contributed by atoms with E-state index in [2.05, 4.69) is 25.6 Å². The highest BCUT2D eigenvalue weighted by Gasteiger charge is 2.49. The van der Waals surface area contributed by atoms with Gasteiger partial charge in [0.15, 0.2) is 23.8 Å². The van der Waals surface area contributed by atoms with E-state index in [1.165, 1.54) is 17.2 Å². The molecule has 15 heteroatoms. The van der Waals surface area contributed by atoms with E-state index in [9.17, 15) is 24.6 Å². The number of hydrogen-bond donors (Lipinski definition) is 5. The third-order valence-electron chi connectivity index (χ3n) is 7.31. The van der Waals surface area contributed by atoms with Crippen molar-refractivity contribution in [3.63, 3.8) is 0 Å². The number of aromatic nitrogens is 4. The average Bonchev–Trinajstić information content (AvgIpc) is 3.61. The molecule has 39 heavy (non-hydrogen) atoms. The summed E-state index contributed by atoms with van der Waals surface area (Å²) in [7, 11) is 0. The van der Waals surface area contributed by atoms with Crippen LogP contribution in [0.15, 0.2) is 30.9 Å². The van der Waals surface area contributed by atoms with E-state index in [0.29, 0.717) is 55.1 Å². The first-order valence-electron chi connectivity index (χ1n) is 12.5. The first-order chi connectivity index (χ1) is 18.8. The fourth-order valence-electron chi connectivity index (χ4n) is 5.22. The summed E-state index contributed by atoms with van der Waals surface area (Å²) >= 11 is 0. The number of aliphatic hydroxyl groups excluding tert-OH is 2. The molecule has 3 aliphatic heterocycles. The normalized spacial score (nSPS) is 25.1. The van der Waals surface area contributed by atoms with Gasteiger partial charge < -0.3 is 36.2 Å². The molecule has 5 heterocycles. The number of ether oxygens (including phenoxy) is 1. The summed E-state index contributed by atoms with van der Waals surface area (Å²) in [5.41, 5.74) is 8.38. The first-order valence-corrected chi connectivity index (χ1v) is 12.5. The number of hydrogen-bond acceptors (Lipinski definition) is 11. The number of fused-ring (bicyclic) bond motifs is 2. The SMILES string of the molecule is Nc1ncnc2c1ncn2[C@H]1OC(C(=O)N2CCN(CC(=O)Nc3cccc4c3CNC4=O)CC2)[C@H](O)[C@@H]1O. The van der Waals surface area contributed by atoms with E-state index in [4.69, 9.17) is 10.5 Å². The highest BCUT2D eigenvalue weighted by Crippen LogP contribution is 2.33. The van der Waals surface area contributed by atoms with Gasteiger partial charge in [-0.15, -0.1) is 0 Å². The van der Waals surface area contributed by atoms with E-state index in [0.717, 1.165) is 5.56 Å². The van der Waals surface area contributed by atoms with E-state index < -0.39 is 30.4 Å². The molecule has 0 saturated carbocycles. The Balaban J connectivity index is 1.05. The molecule has 3 aliphatic rings. The summed E-state index contributed by atoms with van der Waals surface area (Å²) in [6.45, 7) is 1.99. The Morgan fingerprint density at radius 1 is 1.13 bits per heavy atom. The lowest BCUT2D eigenvalue weighted by molar-refractivity contribution is -0.150. The van der Waals surface area contributed by atoms with Crippen LogP contribution in [0.2, 0.25) is 0 Å². The van der Waals surface area contributed by atoms with Crippen LogP contribution in [-0.4, -0.2) is 108 Å². The molecule has 0 aliphatic carbocycles. The minimum Gasteiger partial charge on any atom is -0.387 e. The first kappa shape index (κ1) is 25.1. The van der Waals surface area contributed by atoms with Crippen molar-refractivity contribution in [3.05, 3.63) is 42.0 Å². The van der Waals surface area contributed by atoms with Crippen LogP contribution in [-0.2, 0) is 20.9 Å². The van der Waals surface area contributed by atoms with Gasteiger partial charge in [0.1, 0.15) is 24.1 Å². The number of carbonyl (C=O) groups excluding carboxylic acids is 3. The molecule has 1 unspecified atom stereocenters. The van der Waals surface area contributed by atoms with Crippen molar-refractivity contribution in [3.8, 4) is 0 Å². The zero-order chi connectivity index (χ0) is 27.3. The summed E-state index contributed by atoms with van der Waals surface area (Å²) in [5.74, 6) is -0.677. The maximum Gasteiger partial charge on any atom is 0.254 e. The Labute approximate surface area is 221 Å². The fraction of sp³-hybridized carbons (Fsp3) is 0.417. The second kappa shape index (κ2) is 9.85. The molecule has 0 bridgehead atoms. The summed E-state index contributed by atoms with van der Waals surface area (Å²) in [5, 5.41) is 26.9.